The smallest absolute Gasteiger partial charge is 0.0705 e. The molecule has 0 amide bonds. The molecule has 2 nitrogen and oxygen atoms in total. The highest BCUT2D eigenvalue weighted by molar-refractivity contribution is 5.83. The first-order valence-electron chi connectivity index (χ1n) is 8.89. The number of pyridine rings is 1. The van der Waals surface area contributed by atoms with E-state index in [1.165, 1.54) is 42.4 Å². The lowest BCUT2D eigenvalue weighted by Crippen LogP contribution is -2.54. The average molecular weight is 306 g/mol. The van der Waals surface area contributed by atoms with Crippen LogP contribution in [0.5, 0.6) is 0 Å². The molecule has 3 aliphatic rings. The normalized spacial score (nSPS) is 31.2. The van der Waals surface area contributed by atoms with Crippen LogP contribution >= 0.6 is 0 Å². The van der Waals surface area contributed by atoms with Gasteiger partial charge in [0.05, 0.1) is 5.52 Å². The van der Waals surface area contributed by atoms with Crippen LogP contribution in [0.3, 0.4) is 0 Å². The third-order valence-electron chi connectivity index (χ3n) is 6.15. The fourth-order valence-corrected chi connectivity index (χ4v) is 4.78. The van der Waals surface area contributed by atoms with Gasteiger partial charge in [-0.2, -0.15) is 0 Å². The maximum atomic E-state index is 4.56. The van der Waals surface area contributed by atoms with Crippen molar-refractivity contribution in [1.29, 1.82) is 0 Å². The van der Waals surface area contributed by atoms with Crippen molar-refractivity contribution in [1.82, 2.24) is 9.88 Å². The molecule has 2 bridgehead atoms. The van der Waals surface area contributed by atoms with Gasteiger partial charge >= 0.3 is 0 Å². The molecule has 3 saturated heterocycles. The van der Waals surface area contributed by atoms with Crippen LogP contribution in [-0.2, 0) is 0 Å². The number of fused-ring (bicyclic) bond motifs is 4. The molecule has 5 rings (SSSR count). The van der Waals surface area contributed by atoms with Gasteiger partial charge in [0.15, 0.2) is 0 Å². The van der Waals surface area contributed by atoms with Crippen LogP contribution < -0.4 is 0 Å². The molecule has 1 aromatic carbocycles. The van der Waals surface area contributed by atoms with Gasteiger partial charge < -0.3 is 0 Å². The Morgan fingerprint density at radius 3 is 2.96 bits per heavy atom. The summed E-state index contributed by atoms with van der Waals surface area (Å²) in [5.41, 5.74) is 3.91. The maximum Gasteiger partial charge on any atom is 0.0705 e. The van der Waals surface area contributed by atoms with Crippen molar-refractivity contribution in [3.05, 3.63) is 54.2 Å². The molecular formula is C21H26N2. The van der Waals surface area contributed by atoms with Gasteiger partial charge in [-0.3, -0.25) is 9.88 Å². The molecule has 2 aromatic rings. The number of hydrogen-bond donors (Lipinski definition) is 0. The minimum Gasteiger partial charge on any atom is -0.299 e. The molecule has 1 aromatic heterocycles. The van der Waals surface area contributed by atoms with Crippen LogP contribution in [0.1, 0.15) is 36.8 Å². The Balaban J connectivity index is 1.69. The Morgan fingerprint density at radius 2 is 2.22 bits per heavy atom. The van der Waals surface area contributed by atoms with Gasteiger partial charge in [0.1, 0.15) is 0 Å². The quantitative estimate of drug-likeness (QED) is 0.774. The molecule has 4 heterocycles. The summed E-state index contributed by atoms with van der Waals surface area (Å²) in [7, 11) is 0. The lowest BCUT2D eigenvalue weighted by molar-refractivity contribution is 0.00925. The highest BCUT2D eigenvalue weighted by atomic mass is 15.2. The first kappa shape index (κ1) is 14.9. The number of benzene rings is 1. The lowest BCUT2D eigenvalue weighted by atomic mass is 9.71. The van der Waals surface area contributed by atoms with Crippen molar-refractivity contribution in [2.24, 2.45) is 11.8 Å². The maximum absolute atomic E-state index is 4.56. The molecule has 120 valence electrons. The van der Waals surface area contributed by atoms with Crippen LogP contribution in [0, 0.1) is 18.8 Å². The molecule has 0 spiro atoms. The van der Waals surface area contributed by atoms with Gasteiger partial charge in [-0.15, -0.1) is 6.58 Å². The number of nitrogens with zero attached hydrogens (tertiary/aromatic N) is 2. The van der Waals surface area contributed by atoms with Crippen molar-refractivity contribution in [3.63, 3.8) is 0 Å². The first-order valence-corrected chi connectivity index (χ1v) is 8.89. The Kier molecular flexibility index (Phi) is 3.73. The third-order valence-corrected chi connectivity index (χ3v) is 6.15. The zero-order valence-electron chi connectivity index (χ0n) is 14.2. The van der Waals surface area contributed by atoms with Crippen molar-refractivity contribution in [3.8, 4) is 0 Å². The van der Waals surface area contributed by atoms with Crippen molar-refractivity contribution in [2.75, 3.05) is 13.1 Å². The Labute approximate surface area is 139 Å². The lowest BCUT2D eigenvalue weighted by Gasteiger charge is -2.51. The summed E-state index contributed by atoms with van der Waals surface area (Å²) >= 11 is 0. The Morgan fingerprint density at radius 1 is 1.35 bits per heavy atom. The van der Waals surface area contributed by atoms with Gasteiger partial charge in [-0.05, 0) is 67.8 Å². The summed E-state index contributed by atoms with van der Waals surface area (Å²) in [6, 6.07) is 9.51. The van der Waals surface area contributed by atoms with Gasteiger partial charge in [0.25, 0.3) is 0 Å². The van der Waals surface area contributed by atoms with E-state index in [1.54, 1.807) is 0 Å². The highest BCUT2D eigenvalue weighted by Gasteiger charge is 2.41. The topological polar surface area (TPSA) is 16.1 Å². The van der Waals surface area contributed by atoms with Crippen LogP contribution in [0.15, 0.2) is 43.1 Å². The summed E-state index contributed by atoms with van der Waals surface area (Å²) in [6.45, 7) is 11.1. The molecule has 2 heteroatoms. The molecule has 3 aliphatic heterocycles. The first-order chi connectivity index (χ1) is 11.2. The molecule has 3 fully saturated rings. The zero-order valence-corrected chi connectivity index (χ0v) is 14.2. The number of aryl methyl sites for hydroxylation is 1. The molecule has 5 unspecified atom stereocenters. The van der Waals surface area contributed by atoms with E-state index in [0.29, 0.717) is 17.9 Å². The summed E-state index contributed by atoms with van der Waals surface area (Å²) < 4.78 is 0. The van der Waals surface area contributed by atoms with E-state index in [9.17, 15) is 0 Å². The Hall–Kier alpha value is -1.67. The fourth-order valence-electron chi connectivity index (χ4n) is 4.78. The highest BCUT2D eigenvalue weighted by Crippen LogP contribution is 2.42. The molecule has 0 N–H and O–H groups in total. The molecule has 5 atom stereocenters. The number of rotatable bonds is 3. The summed E-state index contributed by atoms with van der Waals surface area (Å²) in [5, 5.41) is 1.34. The monoisotopic (exact) mass is 306 g/mol. The summed E-state index contributed by atoms with van der Waals surface area (Å²) in [4.78, 5) is 7.26. The van der Waals surface area contributed by atoms with E-state index in [4.69, 9.17) is 0 Å². The standard InChI is InChI=1S/C21H26N2/c1-4-16-13-23-10-8-17(16)12-21(23)15(3)18-7-9-22-20-6-5-14(2)11-19(18)20/h4-7,9,11,15-17,21H,1,8,10,12-13H2,2-3H3. The summed E-state index contributed by atoms with van der Waals surface area (Å²) in [5.74, 6) is 2.08. The third kappa shape index (κ3) is 2.49. The minimum absolute atomic E-state index is 0.552. The minimum atomic E-state index is 0.552. The molecule has 0 radical (unpaired) electrons. The van der Waals surface area contributed by atoms with Crippen LogP contribution in [0.25, 0.3) is 10.9 Å². The predicted molar refractivity (Wildman–Crippen MR) is 96.7 cm³/mol. The molecule has 0 saturated carbocycles. The van der Waals surface area contributed by atoms with Crippen LogP contribution in [-0.4, -0.2) is 29.0 Å². The summed E-state index contributed by atoms with van der Waals surface area (Å²) in [6.07, 6.45) is 6.82. The fraction of sp³-hybridized carbons (Fsp3) is 0.476. The second-order valence-electron chi connectivity index (χ2n) is 7.46. The van der Waals surface area contributed by atoms with E-state index >= 15 is 0 Å². The van der Waals surface area contributed by atoms with E-state index in [1.807, 2.05) is 6.20 Å². The van der Waals surface area contributed by atoms with E-state index in [0.717, 1.165) is 11.4 Å². The number of piperidine rings is 3. The van der Waals surface area contributed by atoms with Gasteiger partial charge in [0.2, 0.25) is 0 Å². The molecular weight excluding hydrogens is 280 g/mol. The second kappa shape index (κ2) is 5.76. The van der Waals surface area contributed by atoms with Crippen molar-refractivity contribution < 1.29 is 0 Å². The largest absolute Gasteiger partial charge is 0.299 e. The van der Waals surface area contributed by atoms with Crippen LogP contribution in [0.2, 0.25) is 0 Å². The van der Waals surface area contributed by atoms with Crippen LogP contribution in [0.4, 0.5) is 0 Å². The van der Waals surface area contributed by atoms with Gasteiger partial charge in [-0.25, -0.2) is 0 Å². The van der Waals surface area contributed by atoms with E-state index in [2.05, 4.69) is 60.7 Å². The SMILES string of the molecule is C=CC1CN2CCC1CC2C(C)c1ccnc2ccc(C)cc12. The van der Waals surface area contributed by atoms with Gasteiger partial charge in [-0.1, -0.05) is 24.6 Å². The predicted octanol–water partition coefficient (Wildman–Crippen LogP) is 4.54. The number of hydrogen-bond acceptors (Lipinski definition) is 2. The van der Waals surface area contributed by atoms with E-state index in [-0.39, 0.29) is 0 Å². The molecule has 23 heavy (non-hydrogen) atoms. The molecule has 0 aliphatic carbocycles. The van der Waals surface area contributed by atoms with Crippen molar-refractivity contribution >= 4 is 10.9 Å². The zero-order chi connectivity index (χ0) is 16.0. The Bertz CT molecular complexity index is 736. The van der Waals surface area contributed by atoms with Crippen molar-refractivity contribution in [2.45, 2.75) is 38.6 Å². The van der Waals surface area contributed by atoms with E-state index < -0.39 is 0 Å². The van der Waals surface area contributed by atoms with Gasteiger partial charge in [0, 0.05) is 24.2 Å². The average Bonchev–Trinajstić information content (AvgIpc) is 2.60. The second-order valence-corrected chi connectivity index (χ2v) is 7.46. The number of aromatic nitrogens is 1.